The van der Waals surface area contributed by atoms with Gasteiger partial charge in [0.05, 0.1) is 20.5 Å². The topological polar surface area (TPSA) is 56.2 Å². The molecular formula is C19H13F5IN3O2. The predicted molar refractivity (Wildman–Crippen MR) is 106 cm³/mol. The molecule has 0 fully saturated rings. The van der Waals surface area contributed by atoms with E-state index < -0.39 is 29.4 Å². The van der Waals surface area contributed by atoms with Gasteiger partial charge in [-0.25, -0.2) is 9.07 Å². The molecule has 3 aromatic rings. The van der Waals surface area contributed by atoms with Gasteiger partial charge in [-0.05, 0) is 59.8 Å². The first kappa shape index (κ1) is 22.0. The SMILES string of the molecule is Cc1nn(C)c(F)c1C(=O)Nc1ccc(F)cc1Oc1ccc(C(F)(F)F)cc1I. The minimum Gasteiger partial charge on any atom is -0.454 e. The Hall–Kier alpha value is -2.70. The van der Waals surface area contributed by atoms with Crippen LogP contribution in [0.4, 0.5) is 27.6 Å². The smallest absolute Gasteiger partial charge is 0.416 e. The highest BCUT2D eigenvalue weighted by Gasteiger charge is 2.31. The Kier molecular flexibility index (Phi) is 6.01. The minimum atomic E-state index is -4.53. The van der Waals surface area contributed by atoms with Crippen LogP contribution in [0.3, 0.4) is 0 Å². The molecule has 158 valence electrons. The van der Waals surface area contributed by atoms with Crippen molar-refractivity contribution in [2.75, 3.05) is 5.32 Å². The third-order valence-corrected chi connectivity index (χ3v) is 4.89. The van der Waals surface area contributed by atoms with Gasteiger partial charge in [0.2, 0.25) is 5.95 Å². The van der Waals surface area contributed by atoms with Crippen LogP contribution < -0.4 is 10.1 Å². The molecule has 0 saturated heterocycles. The van der Waals surface area contributed by atoms with Gasteiger partial charge < -0.3 is 10.1 Å². The summed E-state index contributed by atoms with van der Waals surface area (Å²) >= 11 is 1.65. The summed E-state index contributed by atoms with van der Waals surface area (Å²) in [4.78, 5) is 12.5. The number of carbonyl (C=O) groups excluding carboxylic acids is 1. The largest absolute Gasteiger partial charge is 0.454 e. The van der Waals surface area contributed by atoms with Gasteiger partial charge >= 0.3 is 6.18 Å². The highest BCUT2D eigenvalue weighted by molar-refractivity contribution is 14.1. The van der Waals surface area contributed by atoms with E-state index in [2.05, 4.69) is 10.4 Å². The molecule has 0 aliphatic heterocycles. The second-order valence-corrected chi connectivity index (χ2v) is 7.38. The normalized spacial score (nSPS) is 11.5. The number of benzene rings is 2. The Morgan fingerprint density at radius 1 is 1.13 bits per heavy atom. The standard InChI is InChI=1S/C19H13F5IN3O2/c1-9-16(17(21)28(2)27-9)18(29)26-13-5-4-11(20)8-15(13)30-14-6-3-10(7-12(14)25)19(22,23)24/h3-8H,1-2H3,(H,26,29). The van der Waals surface area contributed by atoms with Gasteiger partial charge in [0.15, 0.2) is 5.75 Å². The van der Waals surface area contributed by atoms with E-state index in [-0.39, 0.29) is 32.0 Å². The van der Waals surface area contributed by atoms with Crippen molar-refractivity contribution in [1.29, 1.82) is 0 Å². The van der Waals surface area contributed by atoms with E-state index >= 15 is 0 Å². The number of halogens is 6. The average Bonchev–Trinajstić information content (AvgIpc) is 2.90. The first-order chi connectivity index (χ1) is 14.0. The lowest BCUT2D eigenvalue weighted by Crippen LogP contribution is -2.15. The summed E-state index contributed by atoms with van der Waals surface area (Å²) in [5, 5.41) is 6.23. The number of carbonyl (C=O) groups is 1. The molecule has 0 saturated carbocycles. The van der Waals surface area contributed by atoms with Crippen molar-refractivity contribution < 1.29 is 31.5 Å². The summed E-state index contributed by atoms with van der Waals surface area (Å²) in [6.45, 7) is 1.45. The van der Waals surface area contributed by atoms with Crippen molar-refractivity contribution >= 4 is 34.2 Å². The number of anilines is 1. The summed E-state index contributed by atoms with van der Waals surface area (Å²) in [7, 11) is 1.33. The number of alkyl halides is 3. The molecule has 0 aliphatic carbocycles. The molecular weight excluding hydrogens is 524 g/mol. The van der Waals surface area contributed by atoms with E-state index in [9.17, 15) is 26.7 Å². The Balaban J connectivity index is 1.92. The van der Waals surface area contributed by atoms with Crippen LogP contribution in [0, 0.1) is 22.3 Å². The number of ether oxygens (including phenoxy) is 1. The molecule has 0 atom stereocenters. The molecule has 0 radical (unpaired) electrons. The fraction of sp³-hybridized carbons (Fsp3) is 0.158. The maximum Gasteiger partial charge on any atom is 0.416 e. The van der Waals surface area contributed by atoms with Crippen LogP contribution in [0.15, 0.2) is 36.4 Å². The molecule has 2 aromatic carbocycles. The summed E-state index contributed by atoms with van der Waals surface area (Å²) in [6.07, 6.45) is -4.53. The summed E-state index contributed by atoms with van der Waals surface area (Å²) in [6, 6.07) is 5.99. The van der Waals surface area contributed by atoms with Gasteiger partial charge in [0, 0.05) is 13.1 Å². The van der Waals surface area contributed by atoms with Gasteiger partial charge in [0.1, 0.15) is 17.1 Å². The second-order valence-electron chi connectivity index (χ2n) is 6.21. The quantitative estimate of drug-likeness (QED) is 0.345. The lowest BCUT2D eigenvalue weighted by Gasteiger charge is -2.15. The maximum absolute atomic E-state index is 14.1. The highest BCUT2D eigenvalue weighted by Crippen LogP contribution is 2.37. The van der Waals surface area contributed by atoms with Crippen LogP contribution in [0.2, 0.25) is 0 Å². The minimum absolute atomic E-state index is 0.000231. The van der Waals surface area contributed by atoms with Crippen molar-refractivity contribution in [3.8, 4) is 11.5 Å². The zero-order valence-corrected chi connectivity index (χ0v) is 17.6. The Morgan fingerprint density at radius 2 is 1.83 bits per heavy atom. The van der Waals surface area contributed by atoms with Gasteiger partial charge in [0.25, 0.3) is 5.91 Å². The fourth-order valence-corrected chi connectivity index (χ4v) is 3.26. The van der Waals surface area contributed by atoms with E-state index in [1.54, 1.807) is 22.6 Å². The van der Waals surface area contributed by atoms with Crippen LogP contribution in [-0.2, 0) is 13.2 Å². The Labute approximate surface area is 181 Å². The lowest BCUT2D eigenvalue weighted by molar-refractivity contribution is -0.137. The molecule has 30 heavy (non-hydrogen) atoms. The van der Waals surface area contributed by atoms with Crippen LogP contribution in [-0.4, -0.2) is 15.7 Å². The third-order valence-electron chi connectivity index (χ3n) is 4.05. The van der Waals surface area contributed by atoms with Crippen LogP contribution in [0.1, 0.15) is 21.6 Å². The van der Waals surface area contributed by atoms with E-state index in [0.29, 0.717) is 0 Å². The number of aromatic nitrogens is 2. The second kappa shape index (κ2) is 8.20. The Bertz CT molecular complexity index is 1130. The van der Waals surface area contributed by atoms with Crippen molar-refractivity contribution in [3.05, 3.63) is 68.6 Å². The maximum atomic E-state index is 14.1. The monoisotopic (exact) mass is 537 g/mol. The van der Waals surface area contributed by atoms with E-state index in [0.717, 1.165) is 35.0 Å². The molecule has 11 heteroatoms. The summed E-state index contributed by atoms with van der Waals surface area (Å²) in [5.74, 6) is -2.53. The highest BCUT2D eigenvalue weighted by atomic mass is 127. The lowest BCUT2D eigenvalue weighted by atomic mass is 10.2. The van der Waals surface area contributed by atoms with E-state index in [4.69, 9.17) is 4.74 Å². The van der Waals surface area contributed by atoms with Crippen molar-refractivity contribution in [1.82, 2.24) is 9.78 Å². The number of rotatable bonds is 4. The van der Waals surface area contributed by atoms with E-state index in [1.165, 1.54) is 20.0 Å². The molecule has 0 unspecified atom stereocenters. The third kappa shape index (κ3) is 4.55. The van der Waals surface area contributed by atoms with Gasteiger partial charge in [-0.2, -0.15) is 22.7 Å². The van der Waals surface area contributed by atoms with Crippen molar-refractivity contribution in [2.45, 2.75) is 13.1 Å². The zero-order chi connectivity index (χ0) is 22.2. The van der Waals surface area contributed by atoms with Gasteiger partial charge in [-0.1, -0.05) is 0 Å². The van der Waals surface area contributed by atoms with Crippen LogP contribution in [0.25, 0.3) is 0 Å². The average molecular weight is 537 g/mol. The first-order valence-corrected chi connectivity index (χ1v) is 9.40. The Morgan fingerprint density at radius 3 is 2.40 bits per heavy atom. The zero-order valence-electron chi connectivity index (χ0n) is 15.4. The molecule has 0 aliphatic rings. The number of aryl methyl sites for hydroxylation is 2. The molecule has 0 spiro atoms. The summed E-state index contributed by atoms with van der Waals surface area (Å²) in [5.41, 5.74) is -1.01. The van der Waals surface area contributed by atoms with Crippen molar-refractivity contribution in [3.63, 3.8) is 0 Å². The molecule has 5 nitrogen and oxygen atoms in total. The molecule has 1 amide bonds. The summed E-state index contributed by atoms with van der Waals surface area (Å²) < 4.78 is 73.0. The predicted octanol–water partition coefficient (Wildman–Crippen LogP) is 5.67. The van der Waals surface area contributed by atoms with Crippen LogP contribution in [0.5, 0.6) is 11.5 Å². The van der Waals surface area contributed by atoms with Gasteiger partial charge in [-0.15, -0.1) is 0 Å². The van der Waals surface area contributed by atoms with Crippen molar-refractivity contribution in [2.24, 2.45) is 7.05 Å². The van der Waals surface area contributed by atoms with Crippen LogP contribution >= 0.6 is 22.6 Å². The van der Waals surface area contributed by atoms with Gasteiger partial charge in [-0.3, -0.25) is 4.79 Å². The molecule has 1 heterocycles. The first-order valence-electron chi connectivity index (χ1n) is 8.32. The number of nitrogens with one attached hydrogen (secondary N) is 1. The van der Waals surface area contributed by atoms with E-state index in [1.807, 2.05) is 0 Å². The molecule has 0 bridgehead atoms. The molecule has 3 rings (SSSR count). The molecule has 1 N–H and O–H groups in total. The molecule has 1 aromatic heterocycles. The number of hydrogen-bond acceptors (Lipinski definition) is 3. The number of nitrogens with zero attached hydrogens (tertiary/aromatic N) is 2. The number of hydrogen-bond donors (Lipinski definition) is 1. The number of amides is 1. The fourth-order valence-electron chi connectivity index (χ4n) is 2.64.